The number of benzene rings is 2. The van der Waals surface area contributed by atoms with Crippen molar-refractivity contribution < 1.29 is 19.1 Å². The van der Waals surface area contributed by atoms with E-state index in [1.165, 1.54) is 34.4 Å². The van der Waals surface area contributed by atoms with Crippen molar-refractivity contribution in [3.63, 3.8) is 0 Å². The lowest BCUT2D eigenvalue weighted by molar-refractivity contribution is -0.117. The van der Waals surface area contributed by atoms with Crippen molar-refractivity contribution in [2.75, 3.05) is 26.3 Å². The van der Waals surface area contributed by atoms with Gasteiger partial charge in [-0.1, -0.05) is 66.5 Å². The van der Waals surface area contributed by atoms with Gasteiger partial charge in [0, 0.05) is 13.1 Å². The highest BCUT2D eigenvalue weighted by Crippen LogP contribution is 2.45. The Bertz CT molecular complexity index is 1170. The molecule has 0 fully saturated rings. The van der Waals surface area contributed by atoms with E-state index in [1.807, 2.05) is 0 Å². The SMILES string of the molecule is C=CC(=O)NCCCCOc1cc(C)c(C(C)(C)C)cc1Sc1cc(C(C)(C)C)c(C)cc1OCCCCNC(=O)C=C. The quantitative estimate of drug-likeness (QED) is 0.149. The summed E-state index contributed by atoms with van der Waals surface area (Å²) in [5.74, 6) is 1.40. The van der Waals surface area contributed by atoms with Crippen molar-refractivity contribution in [2.45, 2.75) is 102 Å². The molecule has 0 atom stereocenters. The fourth-order valence-corrected chi connectivity index (χ4v) is 5.86. The summed E-state index contributed by atoms with van der Waals surface area (Å²) >= 11 is 1.68. The number of aryl methyl sites for hydroxylation is 2. The van der Waals surface area contributed by atoms with Gasteiger partial charge in [-0.25, -0.2) is 0 Å². The first-order valence-corrected chi connectivity index (χ1v) is 16.0. The maximum Gasteiger partial charge on any atom is 0.243 e. The van der Waals surface area contributed by atoms with E-state index in [2.05, 4.69) is 103 Å². The van der Waals surface area contributed by atoms with Crippen molar-refractivity contribution in [1.82, 2.24) is 10.6 Å². The van der Waals surface area contributed by atoms with Crippen LogP contribution in [0.5, 0.6) is 11.5 Å². The van der Waals surface area contributed by atoms with Crippen molar-refractivity contribution in [3.8, 4) is 11.5 Å². The summed E-state index contributed by atoms with van der Waals surface area (Å²) in [5, 5.41) is 5.64. The molecule has 0 unspecified atom stereocenters. The van der Waals surface area contributed by atoms with Crippen molar-refractivity contribution in [1.29, 1.82) is 0 Å². The lowest BCUT2D eigenvalue weighted by Gasteiger charge is -2.26. The van der Waals surface area contributed by atoms with Gasteiger partial charge in [-0.3, -0.25) is 9.59 Å². The maximum absolute atomic E-state index is 11.4. The van der Waals surface area contributed by atoms with E-state index in [1.54, 1.807) is 11.8 Å². The van der Waals surface area contributed by atoms with Gasteiger partial charge in [-0.15, -0.1) is 0 Å². The summed E-state index contributed by atoms with van der Waals surface area (Å²) in [4.78, 5) is 25.0. The van der Waals surface area contributed by atoms with Crippen LogP contribution in [0.1, 0.15) is 89.5 Å². The molecule has 7 heteroatoms. The van der Waals surface area contributed by atoms with Gasteiger partial charge in [-0.2, -0.15) is 0 Å². The van der Waals surface area contributed by atoms with Gasteiger partial charge in [0.1, 0.15) is 11.5 Å². The molecule has 0 radical (unpaired) electrons. The molecule has 0 aliphatic rings. The van der Waals surface area contributed by atoms with Gasteiger partial charge in [-0.05, 0) is 109 Å². The minimum atomic E-state index is -0.154. The first-order valence-electron chi connectivity index (χ1n) is 15.2. The molecule has 0 aliphatic heterocycles. The summed E-state index contributed by atoms with van der Waals surface area (Å²) in [5.41, 5.74) is 4.91. The topological polar surface area (TPSA) is 76.7 Å². The first-order chi connectivity index (χ1) is 20.2. The van der Waals surface area contributed by atoms with Crippen LogP contribution in [0.3, 0.4) is 0 Å². The molecule has 0 saturated carbocycles. The summed E-state index contributed by atoms with van der Waals surface area (Å²) in [6.07, 6.45) is 5.87. The van der Waals surface area contributed by atoms with E-state index in [4.69, 9.17) is 9.47 Å². The van der Waals surface area contributed by atoms with Crippen molar-refractivity contribution >= 4 is 23.6 Å². The Balaban J connectivity index is 2.35. The van der Waals surface area contributed by atoms with E-state index in [-0.39, 0.29) is 22.6 Å². The van der Waals surface area contributed by atoms with Crippen LogP contribution in [0.4, 0.5) is 0 Å². The van der Waals surface area contributed by atoms with Crippen LogP contribution < -0.4 is 20.1 Å². The minimum absolute atomic E-state index is 0.0223. The molecule has 236 valence electrons. The molecule has 43 heavy (non-hydrogen) atoms. The highest BCUT2D eigenvalue weighted by Gasteiger charge is 2.23. The van der Waals surface area contributed by atoms with Gasteiger partial charge in [0.05, 0.1) is 23.0 Å². The Morgan fingerprint density at radius 1 is 0.698 bits per heavy atom. The number of unbranched alkanes of at least 4 members (excludes halogenated alkanes) is 2. The van der Waals surface area contributed by atoms with E-state index in [9.17, 15) is 9.59 Å². The zero-order chi connectivity index (χ0) is 32.2. The zero-order valence-corrected chi connectivity index (χ0v) is 28.4. The monoisotopic (exact) mass is 608 g/mol. The second-order valence-corrected chi connectivity index (χ2v) is 14.0. The Hall–Kier alpha value is -3.19. The standard InChI is InChI=1S/C36H52N2O4S/c1-11-33(39)37-17-13-15-19-41-29-21-25(3)27(35(5,6)7)23-31(29)43-32-24-28(36(8,9)10)26(4)22-30(32)42-20-16-14-18-38-34(40)12-2/h11-12,21-24H,1-2,13-20H2,3-10H3,(H,37,39)(H,38,40). The third-order valence-electron chi connectivity index (χ3n) is 7.04. The lowest BCUT2D eigenvalue weighted by Crippen LogP contribution is -2.22. The van der Waals surface area contributed by atoms with E-state index < -0.39 is 0 Å². The Morgan fingerprint density at radius 2 is 1.07 bits per heavy atom. The molecule has 0 saturated heterocycles. The van der Waals surface area contributed by atoms with Crippen LogP contribution >= 0.6 is 11.8 Å². The van der Waals surface area contributed by atoms with Gasteiger partial charge in [0.25, 0.3) is 0 Å². The molecular weight excluding hydrogens is 556 g/mol. The average molecular weight is 609 g/mol. The normalized spacial score (nSPS) is 11.5. The van der Waals surface area contributed by atoms with Crippen LogP contribution in [0.25, 0.3) is 0 Å². The second kappa shape index (κ2) is 16.6. The fourth-order valence-electron chi connectivity index (χ4n) is 4.83. The van der Waals surface area contributed by atoms with Crippen LogP contribution in [0, 0.1) is 13.8 Å². The van der Waals surface area contributed by atoms with E-state index in [0.29, 0.717) is 26.3 Å². The van der Waals surface area contributed by atoms with Crippen LogP contribution in [0.2, 0.25) is 0 Å². The van der Waals surface area contributed by atoms with Crippen LogP contribution in [-0.4, -0.2) is 38.1 Å². The van der Waals surface area contributed by atoms with Crippen molar-refractivity contribution in [3.05, 3.63) is 71.8 Å². The van der Waals surface area contributed by atoms with Gasteiger partial charge >= 0.3 is 0 Å². The zero-order valence-electron chi connectivity index (χ0n) is 27.6. The number of nitrogens with one attached hydrogen (secondary N) is 2. The summed E-state index contributed by atoms with van der Waals surface area (Å²) in [6, 6.07) is 8.84. The Morgan fingerprint density at radius 3 is 1.40 bits per heavy atom. The first kappa shape index (κ1) is 36.0. The molecule has 2 N–H and O–H groups in total. The molecule has 0 heterocycles. The Kier molecular flexibility index (Phi) is 13.9. The third-order valence-corrected chi connectivity index (χ3v) is 8.12. The van der Waals surface area contributed by atoms with Crippen molar-refractivity contribution in [2.24, 2.45) is 0 Å². The molecule has 2 amide bonds. The molecule has 0 aliphatic carbocycles. The number of hydrogen-bond acceptors (Lipinski definition) is 5. The summed E-state index contributed by atoms with van der Waals surface area (Å²) in [7, 11) is 0. The number of ether oxygens (including phenoxy) is 2. The van der Waals surface area contributed by atoms with Gasteiger partial charge in [0.2, 0.25) is 11.8 Å². The number of carbonyl (C=O) groups is 2. The summed E-state index contributed by atoms with van der Waals surface area (Å²) < 4.78 is 12.7. The predicted molar refractivity (Wildman–Crippen MR) is 180 cm³/mol. The second-order valence-electron chi connectivity index (χ2n) is 12.9. The number of amides is 2. The number of rotatable bonds is 16. The molecule has 2 rings (SSSR count). The number of carbonyl (C=O) groups excluding carboxylic acids is 2. The van der Waals surface area contributed by atoms with Gasteiger partial charge < -0.3 is 20.1 Å². The average Bonchev–Trinajstić information content (AvgIpc) is 2.92. The molecule has 0 aromatic heterocycles. The van der Waals surface area contributed by atoms with E-state index >= 15 is 0 Å². The molecule has 2 aromatic rings. The minimum Gasteiger partial charge on any atom is -0.492 e. The summed E-state index contributed by atoms with van der Waals surface area (Å²) in [6.45, 7) is 27.0. The molecule has 0 bridgehead atoms. The Labute approximate surface area is 264 Å². The fraction of sp³-hybridized carbons (Fsp3) is 0.500. The highest BCUT2D eigenvalue weighted by atomic mass is 32.2. The molecule has 6 nitrogen and oxygen atoms in total. The third kappa shape index (κ3) is 11.8. The lowest BCUT2D eigenvalue weighted by atomic mass is 9.84. The smallest absolute Gasteiger partial charge is 0.243 e. The molecule has 0 spiro atoms. The van der Waals surface area contributed by atoms with Gasteiger partial charge in [0.15, 0.2) is 0 Å². The van der Waals surface area contributed by atoms with E-state index in [0.717, 1.165) is 47.0 Å². The molecule has 2 aromatic carbocycles. The number of hydrogen-bond donors (Lipinski definition) is 2. The highest BCUT2D eigenvalue weighted by molar-refractivity contribution is 7.99. The van der Waals surface area contributed by atoms with Crippen LogP contribution in [0.15, 0.2) is 59.4 Å². The molecular formula is C36H52N2O4S. The largest absolute Gasteiger partial charge is 0.492 e. The predicted octanol–water partition coefficient (Wildman–Crippen LogP) is 7.97. The van der Waals surface area contributed by atoms with Crippen LogP contribution in [-0.2, 0) is 20.4 Å². The maximum atomic E-state index is 11.4.